The van der Waals surface area contributed by atoms with E-state index in [9.17, 15) is 14.7 Å². The molecule has 144 valence electrons. The number of hydrogen-bond donors (Lipinski definition) is 2. The lowest BCUT2D eigenvalue weighted by Crippen LogP contribution is -2.44. The van der Waals surface area contributed by atoms with Gasteiger partial charge in [0.05, 0.1) is 18.0 Å². The summed E-state index contributed by atoms with van der Waals surface area (Å²) in [5.74, 6) is -0.455. The SMILES string of the molecule is Cc1oc(-c2ccccc2)nc1CC(=O)NC1CCCCCCC1C(=O)O. The monoisotopic (exact) mass is 370 g/mol. The predicted octanol–water partition coefficient (Wildman–Crippen LogP) is 3.73. The van der Waals surface area contributed by atoms with Gasteiger partial charge >= 0.3 is 5.97 Å². The van der Waals surface area contributed by atoms with E-state index in [0.29, 0.717) is 30.2 Å². The van der Waals surface area contributed by atoms with Crippen molar-refractivity contribution in [3.05, 3.63) is 41.8 Å². The van der Waals surface area contributed by atoms with Gasteiger partial charge in [0.15, 0.2) is 0 Å². The van der Waals surface area contributed by atoms with E-state index in [0.717, 1.165) is 31.2 Å². The van der Waals surface area contributed by atoms with Gasteiger partial charge in [-0.05, 0) is 31.9 Å². The molecule has 27 heavy (non-hydrogen) atoms. The van der Waals surface area contributed by atoms with E-state index in [1.807, 2.05) is 30.3 Å². The smallest absolute Gasteiger partial charge is 0.308 e. The maximum Gasteiger partial charge on any atom is 0.308 e. The van der Waals surface area contributed by atoms with Crippen LogP contribution in [0.2, 0.25) is 0 Å². The van der Waals surface area contributed by atoms with E-state index < -0.39 is 11.9 Å². The number of carboxylic acid groups (broad SMARTS) is 1. The Morgan fingerprint density at radius 2 is 1.85 bits per heavy atom. The molecule has 0 saturated heterocycles. The summed E-state index contributed by atoms with van der Waals surface area (Å²) in [7, 11) is 0. The quantitative estimate of drug-likeness (QED) is 0.836. The van der Waals surface area contributed by atoms with Gasteiger partial charge in [-0.25, -0.2) is 4.98 Å². The molecule has 1 heterocycles. The van der Waals surface area contributed by atoms with Gasteiger partial charge in [-0.1, -0.05) is 43.9 Å². The highest BCUT2D eigenvalue weighted by Crippen LogP contribution is 2.24. The van der Waals surface area contributed by atoms with Crippen LogP contribution in [0.1, 0.15) is 50.0 Å². The molecule has 0 spiro atoms. The maximum atomic E-state index is 12.6. The Balaban J connectivity index is 1.67. The summed E-state index contributed by atoms with van der Waals surface area (Å²) in [5, 5.41) is 12.5. The van der Waals surface area contributed by atoms with Crippen LogP contribution in [0.25, 0.3) is 11.5 Å². The Labute approximate surface area is 159 Å². The molecule has 0 bridgehead atoms. The minimum atomic E-state index is -0.828. The van der Waals surface area contributed by atoms with E-state index in [4.69, 9.17) is 4.42 Å². The fourth-order valence-electron chi connectivity index (χ4n) is 3.66. The lowest BCUT2D eigenvalue weighted by atomic mass is 9.86. The summed E-state index contributed by atoms with van der Waals surface area (Å²) in [4.78, 5) is 28.6. The van der Waals surface area contributed by atoms with Crippen LogP contribution in [-0.4, -0.2) is 28.0 Å². The number of nitrogens with one attached hydrogen (secondary N) is 1. The first-order chi connectivity index (χ1) is 13.0. The van der Waals surface area contributed by atoms with Crippen molar-refractivity contribution in [2.75, 3.05) is 0 Å². The number of carboxylic acids is 1. The summed E-state index contributed by atoms with van der Waals surface area (Å²) in [6.45, 7) is 1.79. The molecule has 0 aliphatic heterocycles. The van der Waals surface area contributed by atoms with Crippen LogP contribution in [0.4, 0.5) is 0 Å². The third-order valence-electron chi connectivity index (χ3n) is 5.17. The minimum Gasteiger partial charge on any atom is -0.481 e. The first-order valence-electron chi connectivity index (χ1n) is 9.58. The number of benzene rings is 1. The Hall–Kier alpha value is -2.63. The number of carbonyl (C=O) groups is 2. The highest BCUT2D eigenvalue weighted by atomic mass is 16.4. The standard InChI is InChI=1S/C21H26N2O4/c1-14-18(23-20(27-14)15-9-5-4-6-10-15)13-19(24)22-17-12-8-3-2-7-11-16(17)21(25)26/h4-6,9-10,16-17H,2-3,7-8,11-13H2,1H3,(H,22,24)(H,25,26). The molecular formula is C21H26N2O4. The summed E-state index contributed by atoms with van der Waals surface area (Å²) in [6, 6.07) is 9.21. The van der Waals surface area contributed by atoms with Crippen LogP contribution >= 0.6 is 0 Å². The number of aryl methyl sites for hydroxylation is 1. The van der Waals surface area contributed by atoms with Crippen molar-refractivity contribution >= 4 is 11.9 Å². The van der Waals surface area contributed by atoms with Gasteiger partial charge in [0.2, 0.25) is 11.8 Å². The molecule has 1 fully saturated rings. The van der Waals surface area contributed by atoms with Gasteiger partial charge in [0, 0.05) is 11.6 Å². The third kappa shape index (κ3) is 4.96. The third-order valence-corrected chi connectivity index (χ3v) is 5.17. The zero-order chi connectivity index (χ0) is 19.2. The lowest BCUT2D eigenvalue weighted by Gasteiger charge is -2.27. The fourth-order valence-corrected chi connectivity index (χ4v) is 3.66. The highest BCUT2D eigenvalue weighted by Gasteiger charge is 2.30. The van der Waals surface area contributed by atoms with Crippen molar-refractivity contribution in [2.45, 2.75) is 57.9 Å². The van der Waals surface area contributed by atoms with Crippen LogP contribution in [0.15, 0.2) is 34.7 Å². The first kappa shape index (κ1) is 19.1. The van der Waals surface area contributed by atoms with Crippen molar-refractivity contribution in [1.82, 2.24) is 10.3 Å². The van der Waals surface area contributed by atoms with E-state index >= 15 is 0 Å². The fraction of sp³-hybridized carbons (Fsp3) is 0.476. The van der Waals surface area contributed by atoms with Gasteiger partial charge in [-0.3, -0.25) is 9.59 Å². The Kier molecular flexibility index (Phi) is 6.27. The molecule has 0 radical (unpaired) electrons. The Morgan fingerprint density at radius 1 is 1.15 bits per heavy atom. The summed E-state index contributed by atoms with van der Waals surface area (Å²) in [6.07, 6.45) is 5.39. The Bertz CT molecular complexity index is 785. The average molecular weight is 370 g/mol. The van der Waals surface area contributed by atoms with Crippen LogP contribution in [0, 0.1) is 12.8 Å². The molecule has 2 N–H and O–H groups in total. The molecular weight excluding hydrogens is 344 g/mol. The van der Waals surface area contributed by atoms with Crippen molar-refractivity contribution in [3.63, 3.8) is 0 Å². The molecule has 3 rings (SSSR count). The molecule has 1 aromatic carbocycles. The number of aliphatic carboxylic acids is 1. The summed E-state index contributed by atoms with van der Waals surface area (Å²) >= 11 is 0. The van der Waals surface area contributed by atoms with E-state index in [1.54, 1.807) is 6.92 Å². The number of nitrogens with zero attached hydrogens (tertiary/aromatic N) is 1. The second-order valence-corrected chi connectivity index (χ2v) is 7.18. The minimum absolute atomic E-state index is 0.0883. The zero-order valence-electron chi connectivity index (χ0n) is 15.6. The largest absolute Gasteiger partial charge is 0.481 e. The zero-order valence-corrected chi connectivity index (χ0v) is 15.6. The molecule has 1 aromatic heterocycles. The first-order valence-corrected chi connectivity index (χ1v) is 9.58. The topological polar surface area (TPSA) is 92.4 Å². The number of carbonyl (C=O) groups excluding carboxylic acids is 1. The molecule has 2 aromatic rings. The molecule has 1 aliphatic rings. The van der Waals surface area contributed by atoms with Gasteiger partial charge in [0.1, 0.15) is 5.76 Å². The van der Waals surface area contributed by atoms with E-state index in [1.165, 1.54) is 0 Å². The number of aromatic nitrogens is 1. The number of oxazole rings is 1. The molecule has 1 saturated carbocycles. The molecule has 2 unspecified atom stereocenters. The van der Waals surface area contributed by atoms with Gasteiger partial charge in [0.25, 0.3) is 0 Å². The summed E-state index contributed by atoms with van der Waals surface area (Å²) in [5.41, 5.74) is 1.45. The average Bonchev–Trinajstić information content (AvgIpc) is 2.98. The van der Waals surface area contributed by atoms with Gasteiger partial charge in [-0.2, -0.15) is 0 Å². The van der Waals surface area contributed by atoms with Crippen molar-refractivity contribution < 1.29 is 19.1 Å². The van der Waals surface area contributed by atoms with Crippen molar-refractivity contribution in [3.8, 4) is 11.5 Å². The molecule has 2 atom stereocenters. The lowest BCUT2D eigenvalue weighted by molar-refractivity contribution is -0.143. The normalized spacial score (nSPS) is 20.5. The van der Waals surface area contributed by atoms with E-state index in [-0.39, 0.29) is 18.4 Å². The summed E-state index contributed by atoms with van der Waals surface area (Å²) < 4.78 is 5.70. The molecule has 6 heteroatoms. The number of rotatable bonds is 5. The van der Waals surface area contributed by atoms with Crippen LogP contribution < -0.4 is 5.32 Å². The highest BCUT2D eigenvalue weighted by molar-refractivity contribution is 5.80. The number of amides is 1. The predicted molar refractivity (Wildman–Crippen MR) is 101 cm³/mol. The second kappa shape index (κ2) is 8.84. The van der Waals surface area contributed by atoms with Gasteiger partial charge in [-0.15, -0.1) is 0 Å². The molecule has 1 amide bonds. The maximum absolute atomic E-state index is 12.6. The van der Waals surface area contributed by atoms with E-state index in [2.05, 4.69) is 10.3 Å². The number of hydrogen-bond acceptors (Lipinski definition) is 4. The van der Waals surface area contributed by atoms with Crippen LogP contribution in [0.3, 0.4) is 0 Å². The molecule has 6 nitrogen and oxygen atoms in total. The van der Waals surface area contributed by atoms with Crippen LogP contribution in [0.5, 0.6) is 0 Å². The van der Waals surface area contributed by atoms with Crippen LogP contribution in [-0.2, 0) is 16.0 Å². The molecule has 1 aliphatic carbocycles. The Morgan fingerprint density at radius 3 is 2.56 bits per heavy atom. The second-order valence-electron chi connectivity index (χ2n) is 7.18. The van der Waals surface area contributed by atoms with Crippen molar-refractivity contribution in [1.29, 1.82) is 0 Å². The van der Waals surface area contributed by atoms with Crippen molar-refractivity contribution in [2.24, 2.45) is 5.92 Å². The van der Waals surface area contributed by atoms with Gasteiger partial charge < -0.3 is 14.8 Å².